The van der Waals surface area contributed by atoms with E-state index in [0.29, 0.717) is 18.1 Å². The number of amides is 1. The van der Waals surface area contributed by atoms with Gasteiger partial charge in [-0.15, -0.1) is 0 Å². The van der Waals surface area contributed by atoms with Gasteiger partial charge in [0, 0.05) is 66.5 Å². The highest BCUT2D eigenvalue weighted by molar-refractivity contribution is 7.46. The third kappa shape index (κ3) is 6.82. The van der Waals surface area contributed by atoms with Crippen molar-refractivity contribution in [2.75, 3.05) is 39.7 Å². The van der Waals surface area contributed by atoms with Gasteiger partial charge in [-0.3, -0.25) is 9.32 Å². The van der Waals surface area contributed by atoms with Gasteiger partial charge in [0.2, 0.25) is 11.8 Å². The third-order valence-electron chi connectivity index (χ3n) is 6.23. The summed E-state index contributed by atoms with van der Waals surface area (Å²) in [6.45, 7) is 2.20. The number of hydrogen-bond acceptors (Lipinski definition) is 7. The highest BCUT2D eigenvalue weighted by Gasteiger charge is 2.23. The highest BCUT2D eigenvalue weighted by atomic mass is 31.2. The molecule has 0 bridgehead atoms. The molecular formula is C28H32N5O6P. The molecule has 0 aliphatic carbocycles. The molecule has 0 radical (unpaired) electrons. The topological polar surface area (TPSA) is 130 Å². The second kappa shape index (κ2) is 12.1. The van der Waals surface area contributed by atoms with Crippen molar-refractivity contribution in [3.63, 3.8) is 0 Å². The third-order valence-corrected chi connectivity index (χ3v) is 6.81. The van der Waals surface area contributed by atoms with Crippen LogP contribution in [0.15, 0.2) is 73.2 Å². The largest absolute Gasteiger partial charge is 0.481 e. The van der Waals surface area contributed by atoms with Crippen LogP contribution in [0.5, 0.6) is 5.88 Å². The van der Waals surface area contributed by atoms with E-state index >= 15 is 0 Å². The summed E-state index contributed by atoms with van der Waals surface area (Å²) in [6, 6.07) is 13.1. The Hall–Kier alpha value is -3.86. The summed E-state index contributed by atoms with van der Waals surface area (Å²) in [5.41, 5.74) is 4.36. The van der Waals surface area contributed by atoms with Crippen molar-refractivity contribution in [1.82, 2.24) is 19.4 Å². The first kappa shape index (κ1) is 29.1. The molecule has 4 rings (SSSR count). The number of carbonyl (C=O) groups is 1. The first-order valence-electron chi connectivity index (χ1n) is 12.4. The minimum absolute atomic E-state index is 0.141. The number of rotatable bonds is 10. The van der Waals surface area contributed by atoms with Crippen LogP contribution in [0.3, 0.4) is 0 Å². The van der Waals surface area contributed by atoms with Gasteiger partial charge in [-0.2, -0.15) is 0 Å². The number of carbonyl (C=O) groups excluding carboxylic acids is 1. The van der Waals surface area contributed by atoms with Crippen molar-refractivity contribution in [1.29, 1.82) is 0 Å². The normalized spacial score (nSPS) is 12.8. The molecule has 12 heteroatoms. The predicted octanol–water partition coefficient (Wildman–Crippen LogP) is 4.48. The van der Waals surface area contributed by atoms with Gasteiger partial charge in [-0.1, -0.05) is 18.2 Å². The van der Waals surface area contributed by atoms with Crippen LogP contribution in [0.25, 0.3) is 33.3 Å². The van der Waals surface area contributed by atoms with Gasteiger partial charge in [-0.25, -0.2) is 14.5 Å². The number of nitrogens with zero attached hydrogens (tertiary/aromatic N) is 5. The van der Waals surface area contributed by atoms with Crippen LogP contribution in [0.4, 0.5) is 5.69 Å². The lowest BCUT2D eigenvalue weighted by Gasteiger charge is -2.17. The molecule has 1 amide bonds. The first-order chi connectivity index (χ1) is 19.0. The summed E-state index contributed by atoms with van der Waals surface area (Å²) in [7, 11) is 2.36. The zero-order chi connectivity index (χ0) is 29.0. The van der Waals surface area contributed by atoms with Gasteiger partial charge >= 0.3 is 7.82 Å². The van der Waals surface area contributed by atoms with E-state index in [9.17, 15) is 19.1 Å². The number of pyridine rings is 2. The van der Waals surface area contributed by atoms with Gasteiger partial charge < -0.3 is 28.9 Å². The Morgan fingerprint density at radius 1 is 1.10 bits per heavy atom. The number of likely N-dealkylation sites (N-methyl/N-ethyl adjacent to an activating group) is 2. The SMILES string of the molecule is COc1cc(-c2cn(C(C)OP(=O)(O)O)c3ncc(-c4cccc(N(C)C(=O)C=CCN(C)C)c4)cc23)ccn1. The van der Waals surface area contributed by atoms with Crippen molar-refractivity contribution in [3.05, 3.63) is 73.2 Å². The average molecular weight is 566 g/mol. The van der Waals surface area contributed by atoms with Crippen molar-refractivity contribution >= 4 is 30.5 Å². The number of hydrogen-bond donors (Lipinski definition) is 2. The van der Waals surface area contributed by atoms with E-state index in [1.54, 1.807) is 47.2 Å². The lowest BCUT2D eigenvalue weighted by atomic mass is 10.0. The van der Waals surface area contributed by atoms with Crippen molar-refractivity contribution < 1.29 is 28.4 Å². The van der Waals surface area contributed by atoms with Crippen LogP contribution in [0, 0.1) is 0 Å². The molecular weight excluding hydrogens is 533 g/mol. The molecule has 1 atom stereocenters. The molecule has 0 aliphatic rings. The molecule has 210 valence electrons. The molecule has 4 aromatic rings. The van der Waals surface area contributed by atoms with E-state index in [0.717, 1.165) is 33.3 Å². The Balaban J connectivity index is 1.78. The fourth-order valence-corrected chi connectivity index (χ4v) is 4.73. The second-order valence-electron chi connectivity index (χ2n) is 9.44. The molecule has 3 aromatic heterocycles. The van der Waals surface area contributed by atoms with Crippen molar-refractivity contribution in [2.24, 2.45) is 0 Å². The molecule has 0 spiro atoms. The van der Waals surface area contributed by atoms with Crippen molar-refractivity contribution in [2.45, 2.75) is 13.2 Å². The maximum absolute atomic E-state index is 12.7. The lowest BCUT2D eigenvalue weighted by molar-refractivity contribution is -0.113. The molecule has 2 N–H and O–H groups in total. The zero-order valence-corrected chi connectivity index (χ0v) is 23.8. The fourth-order valence-electron chi connectivity index (χ4n) is 4.23. The maximum atomic E-state index is 12.7. The number of ether oxygens (including phenoxy) is 1. The second-order valence-corrected chi connectivity index (χ2v) is 10.6. The summed E-state index contributed by atoms with van der Waals surface area (Å²) < 4.78 is 23.4. The Morgan fingerprint density at radius 3 is 2.58 bits per heavy atom. The minimum atomic E-state index is -4.75. The minimum Gasteiger partial charge on any atom is -0.481 e. The Bertz CT molecular complexity index is 1600. The molecule has 11 nitrogen and oxygen atoms in total. The average Bonchev–Trinajstić information content (AvgIpc) is 3.31. The Kier molecular flexibility index (Phi) is 8.82. The van der Waals surface area contributed by atoms with Crippen LogP contribution < -0.4 is 9.64 Å². The van der Waals surface area contributed by atoms with E-state index in [1.807, 2.05) is 61.5 Å². The van der Waals surface area contributed by atoms with Gasteiger partial charge in [0.25, 0.3) is 0 Å². The molecule has 0 saturated carbocycles. The first-order valence-corrected chi connectivity index (χ1v) is 13.9. The summed E-state index contributed by atoms with van der Waals surface area (Å²) in [5.74, 6) is 0.277. The molecule has 1 aromatic carbocycles. The lowest BCUT2D eigenvalue weighted by Crippen LogP contribution is -2.24. The van der Waals surface area contributed by atoms with E-state index < -0.39 is 14.1 Å². The molecule has 0 saturated heterocycles. The number of phosphoric ester groups is 1. The quantitative estimate of drug-likeness (QED) is 0.211. The van der Waals surface area contributed by atoms with Crippen LogP contribution in [-0.2, 0) is 13.9 Å². The number of methoxy groups -OCH3 is 1. The number of fused-ring (bicyclic) bond motifs is 1. The van der Waals surface area contributed by atoms with E-state index in [4.69, 9.17) is 9.26 Å². The summed E-state index contributed by atoms with van der Waals surface area (Å²) in [4.78, 5) is 43.8. The summed E-state index contributed by atoms with van der Waals surface area (Å²) >= 11 is 0. The number of anilines is 1. The number of benzene rings is 1. The van der Waals surface area contributed by atoms with Crippen LogP contribution in [0.2, 0.25) is 0 Å². The van der Waals surface area contributed by atoms with E-state index in [-0.39, 0.29) is 5.91 Å². The monoisotopic (exact) mass is 565 g/mol. The Morgan fingerprint density at radius 2 is 1.88 bits per heavy atom. The van der Waals surface area contributed by atoms with Gasteiger partial charge in [-0.05, 0) is 56.4 Å². The smallest absolute Gasteiger partial charge is 0.471 e. The number of aromatic nitrogens is 3. The van der Waals surface area contributed by atoms with Gasteiger partial charge in [0.15, 0.2) is 0 Å². The summed E-state index contributed by atoms with van der Waals surface area (Å²) in [5, 5.41) is 0.730. The fraction of sp³-hybridized carbons (Fsp3) is 0.250. The van der Waals surface area contributed by atoms with Crippen LogP contribution >= 0.6 is 7.82 Å². The summed E-state index contributed by atoms with van der Waals surface area (Å²) in [6.07, 6.45) is 7.41. The van der Waals surface area contributed by atoms with Crippen molar-refractivity contribution in [3.8, 4) is 28.1 Å². The highest BCUT2D eigenvalue weighted by Crippen LogP contribution is 2.43. The predicted molar refractivity (Wildman–Crippen MR) is 154 cm³/mol. The van der Waals surface area contributed by atoms with Gasteiger partial charge in [0.1, 0.15) is 11.9 Å². The molecule has 0 aliphatic heterocycles. The van der Waals surface area contributed by atoms with Crippen LogP contribution in [0.1, 0.15) is 13.2 Å². The Labute approximate surface area is 232 Å². The van der Waals surface area contributed by atoms with E-state index in [2.05, 4.69) is 9.97 Å². The van der Waals surface area contributed by atoms with Gasteiger partial charge in [0.05, 0.1) is 7.11 Å². The zero-order valence-electron chi connectivity index (χ0n) is 22.9. The van der Waals surface area contributed by atoms with Crippen LogP contribution in [-0.4, -0.2) is 69.9 Å². The number of phosphoric acid groups is 1. The molecule has 40 heavy (non-hydrogen) atoms. The maximum Gasteiger partial charge on any atom is 0.471 e. The van der Waals surface area contributed by atoms with E-state index in [1.165, 1.54) is 14.0 Å². The standard InChI is InChI=1S/C28H32N5O6P/c1-19(39-40(35,36)37)33-18-25(21-11-12-29-26(16-21)38-5)24-15-22(17-30-28(24)33)20-8-6-9-23(14-20)32(4)27(34)10-7-13-31(2)3/h6-12,14-19H,13H2,1-5H3,(H2,35,36,37). The molecule has 0 fully saturated rings. The molecule has 1 unspecified atom stereocenters. The molecule has 3 heterocycles.